The summed E-state index contributed by atoms with van der Waals surface area (Å²) in [7, 11) is 1.76. The first-order valence-electron chi connectivity index (χ1n) is 8.92. The van der Waals surface area contributed by atoms with E-state index < -0.39 is 0 Å². The van der Waals surface area contributed by atoms with Crippen LogP contribution in [0.2, 0.25) is 0 Å². The summed E-state index contributed by atoms with van der Waals surface area (Å²) < 4.78 is 10.9. The Morgan fingerprint density at radius 1 is 1.23 bits per heavy atom. The average molecular weight is 358 g/mol. The minimum atomic E-state index is -0.360. The van der Waals surface area contributed by atoms with Crippen LogP contribution in [0.25, 0.3) is 0 Å². The molecule has 0 saturated carbocycles. The van der Waals surface area contributed by atoms with E-state index in [0.717, 1.165) is 18.4 Å². The number of carbonyl (C=O) groups is 1. The number of carbonyl (C=O) groups excluding carboxylic acids is 1. The van der Waals surface area contributed by atoms with Crippen LogP contribution in [-0.2, 0) is 4.74 Å². The van der Waals surface area contributed by atoms with E-state index in [0.29, 0.717) is 25.5 Å². The minimum Gasteiger partial charge on any atom is -0.467 e. The van der Waals surface area contributed by atoms with Crippen LogP contribution in [0.4, 0.5) is 4.79 Å². The van der Waals surface area contributed by atoms with E-state index in [1.54, 1.807) is 18.2 Å². The van der Waals surface area contributed by atoms with Gasteiger partial charge in [0.1, 0.15) is 11.8 Å². The van der Waals surface area contributed by atoms with Crippen LogP contribution in [0.3, 0.4) is 0 Å². The van der Waals surface area contributed by atoms with Crippen LogP contribution < -0.4 is 5.32 Å². The van der Waals surface area contributed by atoms with Gasteiger partial charge in [-0.1, -0.05) is 30.3 Å². The standard InChI is InChI=1S/C20H26N2O4/c1-22(14-20(15-23)9-12-25-13-10-20)19(24)21-18(17-8-5-11-26-17)16-6-3-2-4-7-16/h2-8,11,18,23H,9-10,12-15H2,1H3,(H,21,24)/t18-/m0/s1. The minimum absolute atomic E-state index is 0.0499. The summed E-state index contributed by atoms with van der Waals surface area (Å²) in [6.07, 6.45) is 3.10. The van der Waals surface area contributed by atoms with Crippen molar-refractivity contribution in [3.05, 3.63) is 60.1 Å². The Kier molecular flexibility index (Phi) is 5.96. The van der Waals surface area contributed by atoms with Crippen LogP contribution in [-0.4, -0.2) is 49.5 Å². The summed E-state index contributed by atoms with van der Waals surface area (Å²) in [5.41, 5.74) is 0.657. The fourth-order valence-corrected chi connectivity index (χ4v) is 3.40. The van der Waals surface area contributed by atoms with Gasteiger partial charge in [0.25, 0.3) is 0 Å². The molecule has 6 nitrogen and oxygen atoms in total. The van der Waals surface area contributed by atoms with Gasteiger partial charge in [-0.3, -0.25) is 0 Å². The van der Waals surface area contributed by atoms with Crippen molar-refractivity contribution < 1.29 is 19.1 Å². The molecule has 3 rings (SSSR count). The van der Waals surface area contributed by atoms with Crippen LogP contribution in [0.5, 0.6) is 0 Å². The number of ether oxygens (including phenoxy) is 1. The van der Waals surface area contributed by atoms with Gasteiger partial charge in [0, 0.05) is 32.2 Å². The van der Waals surface area contributed by atoms with Crippen molar-refractivity contribution in [2.75, 3.05) is 33.4 Å². The van der Waals surface area contributed by atoms with Crippen LogP contribution in [0.1, 0.15) is 30.2 Å². The average Bonchev–Trinajstić information content (AvgIpc) is 3.21. The Balaban J connectivity index is 1.71. The molecule has 1 aromatic carbocycles. The maximum absolute atomic E-state index is 12.8. The molecule has 0 radical (unpaired) electrons. The lowest BCUT2D eigenvalue weighted by Gasteiger charge is -2.38. The highest BCUT2D eigenvalue weighted by molar-refractivity contribution is 5.75. The second kappa shape index (κ2) is 8.38. The number of nitrogens with one attached hydrogen (secondary N) is 1. The van der Waals surface area contributed by atoms with Gasteiger partial charge in [-0.15, -0.1) is 0 Å². The zero-order valence-corrected chi connectivity index (χ0v) is 15.1. The third-order valence-corrected chi connectivity index (χ3v) is 5.04. The maximum Gasteiger partial charge on any atom is 0.318 e. The smallest absolute Gasteiger partial charge is 0.318 e. The molecule has 26 heavy (non-hydrogen) atoms. The molecule has 1 aliphatic heterocycles. The van der Waals surface area contributed by atoms with Crippen LogP contribution in [0, 0.1) is 5.41 Å². The van der Waals surface area contributed by atoms with E-state index in [-0.39, 0.29) is 24.1 Å². The highest BCUT2D eigenvalue weighted by Crippen LogP contribution is 2.31. The quantitative estimate of drug-likeness (QED) is 0.833. The number of hydrogen-bond donors (Lipinski definition) is 2. The number of nitrogens with zero attached hydrogens (tertiary/aromatic N) is 1. The molecule has 2 aromatic rings. The fourth-order valence-electron chi connectivity index (χ4n) is 3.40. The van der Waals surface area contributed by atoms with Gasteiger partial charge < -0.3 is 24.5 Å². The third-order valence-electron chi connectivity index (χ3n) is 5.04. The Morgan fingerprint density at radius 3 is 2.58 bits per heavy atom. The van der Waals surface area contributed by atoms with Gasteiger partial charge in [0.2, 0.25) is 0 Å². The Bertz CT molecular complexity index is 681. The van der Waals surface area contributed by atoms with Gasteiger partial charge in [-0.25, -0.2) is 4.79 Å². The zero-order chi connectivity index (χ0) is 18.4. The van der Waals surface area contributed by atoms with E-state index >= 15 is 0 Å². The first-order chi connectivity index (χ1) is 12.6. The van der Waals surface area contributed by atoms with Crippen molar-refractivity contribution in [2.24, 2.45) is 5.41 Å². The monoisotopic (exact) mass is 358 g/mol. The molecule has 1 aliphatic rings. The SMILES string of the molecule is CN(CC1(CO)CCOCC1)C(=O)N[C@@H](c1ccccc1)c1ccco1. The molecule has 2 heterocycles. The second-order valence-corrected chi connectivity index (χ2v) is 6.94. The van der Waals surface area contributed by atoms with E-state index in [1.807, 2.05) is 42.5 Å². The molecule has 0 aliphatic carbocycles. The summed E-state index contributed by atoms with van der Waals surface area (Å²) in [6.45, 7) is 1.77. The highest BCUT2D eigenvalue weighted by Gasteiger charge is 2.35. The molecule has 0 unspecified atom stereocenters. The number of urea groups is 1. The molecule has 2 N–H and O–H groups in total. The third kappa shape index (κ3) is 4.26. The summed E-state index contributed by atoms with van der Waals surface area (Å²) in [6, 6.07) is 12.8. The molecule has 0 bridgehead atoms. The maximum atomic E-state index is 12.8. The predicted molar refractivity (Wildman–Crippen MR) is 97.7 cm³/mol. The summed E-state index contributed by atoms with van der Waals surface area (Å²) in [4.78, 5) is 14.5. The number of furan rings is 1. The van der Waals surface area contributed by atoms with Crippen molar-refractivity contribution in [1.29, 1.82) is 0 Å². The highest BCUT2D eigenvalue weighted by atomic mass is 16.5. The molecule has 0 spiro atoms. The summed E-state index contributed by atoms with van der Waals surface area (Å²) in [5, 5.41) is 12.9. The van der Waals surface area contributed by atoms with E-state index in [4.69, 9.17) is 9.15 Å². The van der Waals surface area contributed by atoms with Gasteiger partial charge in [0.05, 0.1) is 12.9 Å². The lowest BCUT2D eigenvalue weighted by molar-refractivity contribution is -0.0261. The first-order valence-corrected chi connectivity index (χ1v) is 8.92. The van der Waals surface area contributed by atoms with Gasteiger partial charge in [0.15, 0.2) is 0 Å². The molecule has 6 heteroatoms. The van der Waals surface area contributed by atoms with Crippen molar-refractivity contribution in [3.8, 4) is 0 Å². The molecule has 140 valence electrons. The summed E-state index contributed by atoms with van der Waals surface area (Å²) >= 11 is 0. The van der Waals surface area contributed by atoms with Gasteiger partial charge in [-0.05, 0) is 30.5 Å². The fraction of sp³-hybridized carbons (Fsp3) is 0.450. The van der Waals surface area contributed by atoms with E-state index in [9.17, 15) is 9.90 Å². The van der Waals surface area contributed by atoms with Gasteiger partial charge >= 0.3 is 6.03 Å². The van der Waals surface area contributed by atoms with Crippen molar-refractivity contribution >= 4 is 6.03 Å². The predicted octanol–water partition coefficient (Wildman–Crippen LogP) is 2.80. The number of benzene rings is 1. The number of aliphatic hydroxyl groups is 1. The molecular formula is C20H26N2O4. The Hall–Kier alpha value is -2.31. The number of hydrogen-bond acceptors (Lipinski definition) is 4. The lowest BCUT2D eigenvalue weighted by Crippen LogP contribution is -2.48. The second-order valence-electron chi connectivity index (χ2n) is 6.94. The number of amides is 2. The molecular weight excluding hydrogens is 332 g/mol. The largest absolute Gasteiger partial charge is 0.467 e. The molecule has 2 amide bonds. The topological polar surface area (TPSA) is 74.9 Å². The van der Waals surface area contributed by atoms with Crippen molar-refractivity contribution in [1.82, 2.24) is 10.2 Å². The van der Waals surface area contributed by atoms with Crippen LogP contribution >= 0.6 is 0 Å². The van der Waals surface area contributed by atoms with E-state index in [1.165, 1.54) is 0 Å². The number of rotatable bonds is 6. The zero-order valence-electron chi connectivity index (χ0n) is 15.1. The lowest BCUT2D eigenvalue weighted by atomic mass is 9.80. The number of aliphatic hydroxyl groups excluding tert-OH is 1. The van der Waals surface area contributed by atoms with Crippen molar-refractivity contribution in [3.63, 3.8) is 0 Å². The van der Waals surface area contributed by atoms with Gasteiger partial charge in [-0.2, -0.15) is 0 Å². The first kappa shape index (κ1) is 18.5. The summed E-state index contributed by atoms with van der Waals surface area (Å²) in [5.74, 6) is 0.681. The van der Waals surface area contributed by atoms with Crippen molar-refractivity contribution in [2.45, 2.75) is 18.9 Å². The molecule has 1 atom stereocenters. The molecule has 1 saturated heterocycles. The van der Waals surface area contributed by atoms with Crippen LogP contribution in [0.15, 0.2) is 53.1 Å². The molecule has 1 fully saturated rings. The van der Waals surface area contributed by atoms with E-state index in [2.05, 4.69) is 5.32 Å². The normalized spacial score (nSPS) is 17.5. The molecule has 1 aromatic heterocycles. The Labute approximate surface area is 153 Å². The Morgan fingerprint density at radius 2 is 1.96 bits per heavy atom.